The summed E-state index contributed by atoms with van der Waals surface area (Å²) in [5.74, 6) is 0.651. The van der Waals surface area contributed by atoms with Gasteiger partial charge in [-0.15, -0.1) is 0 Å². The van der Waals surface area contributed by atoms with E-state index in [0.29, 0.717) is 5.92 Å². The van der Waals surface area contributed by atoms with E-state index in [1.54, 1.807) is 0 Å². The molecule has 1 N–H and O–H groups in total. The van der Waals surface area contributed by atoms with E-state index in [4.69, 9.17) is 9.47 Å². The van der Waals surface area contributed by atoms with Crippen LogP contribution in [0.15, 0.2) is 24.3 Å². The third-order valence-corrected chi connectivity index (χ3v) is 3.93. The van der Waals surface area contributed by atoms with Gasteiger partial charge < -0.3 is 9.47 Å². The Balaban J connectivity index is 1.79. The summed E-state index contributed by atoms with van der Waals surface area (Å²) in [6.07, 6.45) is 0.784. The van der Waals surface area contributed by atoms with Crippen LogP contribution in [-0.2, 0) is 16.0 Å². The molecule has 24 heavy (non-hydrogen) atoms. The topological polar surface area (TPSA) is 50.8 Å². The van der Waals surface area contributed by atoms with Crippen molar-refractivity contribution in [3.63, 3.8) is 0 Å². The lowest BCUT2D eigenvalue weighted by atomic mass is 10.1. The highest BCUT2D eigenvalue weighted by molar-refractivity contribution is 5.84. The second-order valence-corrected chi connectivity index (χ2v) is 7.37. The maximum absolute atomic E-state index is 11.8. The zero-order chi connectivity index (χ0) is 17.6. The van der Waals surface area contributed by atoms with E-state index in [9.17, 15) is 4.79 Å². The number of nitrogens with one attached hydrogen (secondary N) is 1. The van der Waals surface area contributed by atoms with Crippen LogP contribution in [0.4, 0.5) is 10.5 Å². The van der Waals surface area contributed by atoms with Gasteiger partial charge >= 0.3 is 6.09 Å². The molecule has 1 unspecified atom stereocenters. The summed E-state index contributed by atoms with van der Waals surface area (Å²) >= 11 is 0. The van der Waals surface area contributed by atoms with E-state index in [2.05, 4.69) is 22.3 Å². The van der Waals surface area contributed by atoms with Crippen molar-refractivity contribution >= 4 is 11.8 Å². The molecule has 1 heterocycles. The van der Waals surface area contributed by atoms with Gasteiger partial charge in [0, 0.05) is 25.4 Å². The molecular weight excluding hydrogens is 304 g/mol. The van der Waals surface area contributed by atoms with Gasteiger partial charge in [0.1, 0.15) is 5.60 Å². The van der Waals surface area contributed by atoms with Gasteiger partial charge in [-0.1, -0.05) is 12.1 Å². The highest BCUT2D eigenvalue weighted by Gasteiger charge is 2.22. The highest BCUT2D eigenvalue weighted by atomic mass is 16.6. The minimum absolute atomic E-state index is 0.423. The number of ether oxygens (including phenoxy) is 2. The van der Waals surface area contributed by atoms with Crippen LogP contribution in [0.3, 0.4) is 0 Å². The molecular formula is C19H30N2O3. The van der Waals surface area contributed by atoms with Crippen molar-refractivity contribution < 1.29 is 14.3 Å². The third-order valence-electron chi connectivity index (χ3n) is 3.93. The van der Waals surface area contributed by atoms with Crippen molar-refractivity contribution in [2.75, 3.05) is 31.6 Å². The standard InChI is InChI=1S/C19H30N2O3/c1-5-23-14-16-10-11-21(13-16)12-15-6-8-17(9-7-15)20-18(22)24-19(2,3)4/h6-9,16H,5,10-14H2,1-4H3,(H,20,22). The van der Waals surface area contributed by atoms with Gasteiger partial charge in [-0.2, -0.15) is 0 Å². The van der Waals surface area contributed by atoms with Gasteiger partial charge in [-0.3, -0.25) is 10.2 Å². The minimum atomic E-state index is -0.488. The number of nitrogens with zero attached hydrogens (tertiary/aromatic N) is 1. The Morgan fingerprint density at radius 2 is 2.00 bits per heavy atom. The van der Waals surface area contributed by atoms with E-state index in [1.807, 2.05) is 39.8 Å². The monoisotopic (exact) mass is 334 g/mol. The number of amides is 1. The van der Waals surface area contributed by atoms with Gasteiger partial charge in [0.15, 0.2) is 0 Å². The van der Waals surface area contributed by atoms with E-state index < -0.39 is 11.7 Å². The van der Waals surface area contributed by atoms with Gasteiger partial charge in [0.2, 0.25) is 0 Å². The van der Waals surface area contributed by atoms with Crippen molar-refractivity contribution in [1.82, 2.24) is 4.90 Å². The molecule has 1 aromatic rings. The van der Waals surface area contributed by atoms with Crippen LogP contribution in [0.5, 0.6) is 0 Å². The molecule has 0 radical (unpaired) electrons. The lowest BCUT2D eigenvalue weighted by molar-refractivity contribution is 0.0636. The summed E-state index contributed by atoms with van der Waals surface area (Å²) in [6.45, 7) is 12.4. The predicted molar refractivity (Wildman–Crippen MR) is 96.2 cm³/mol. The summed E-state index contributed by atoms with van der Waals surface area (Å²) in [5, 5.41) is 2.76. The number of anilines is 1. The second kappa shape index (κ2) is 8.49. The van der Waals surface area contributed by atoms with Crippen LogP contribution in [-0.4, -0.2) is 42.9 Å². The molecule has 5 heteroatoms. The van der Waals surface area contributed by atoms with E-state index >= 15 is 0 Å². The molecule has 0 aliphatic carbocycles. The lowest BCUT2D eigenvalue weighted by Crippen LogP contribution is -2.27. The highest BCUT2D eigenvalue weighted by Crippen LogP contribution is 2.20. The number of hydrogen-bond acceptors (Lipinski definition) is 4. The Bertz CT molecular complexity index is 522. The average molecular weight is 334 g/mol. The van der Waals surface area contributed by atoms with Crippen LogP contribution in [0.2, 0.25) is 0 Å². The van der Waals surface area contributed by atoms with Gasteiger partial charge in [0.05, 0.1) is 6.61 Å². The van der Waals surface area contributed by atoms with E-state index in [1.165, 1.54) is 12.0 Å². The first-order chi connectivity index (χ1) is 11.4. The van der Waals surface area contributed by atoms with Crippen LogP contribution < -0.4 is 5.32 Å². The number of carbonyl (C=O) groups is 1. The van der Waals surface area contributed by atoms with Gasteiger partial charge in [0.25, 0.3) is 0 Å². The maximum Gasteiger partial charge on any atom is 0.412 e. The molecule has 1 aromatic carbocycles. The van der Waals surface area contributed by atoms with Crippen LogP contribution in [0.1, 0.15) is 39.7 Å². The Morgan fingerprint density at radius 3 is 2.62 bits per heavy atom. The molecule has 1 aliphatic heterocycles. The maximum atomic E-state index is 11.8. The van der Waals surface area contributed by atoms with Crippen LogP contribution in [0, 0.1) is 5.92 Å². The quantitative estimate of drug-likeness (QED) is 0.857. The minimum Gasteiger partial charge on any atom is -0.444 e. The summed E-state index contributed by atoms with van der Waals surface area (Å²) in [7, 11) is 0. The molecule has 0 bridgehead atoms. The Kier molecular flexibility index (Phi) is 6.63. The lowest BCUT2D eigenvalue weighted by Gasteiger charge is -2.20. The molecule has 5 nitrogen and oxygen atoms in total. The Hall–Kier alpha value is -1.59. The fourth-order valence-corrected chi connectivity index (χ4v) is 2.85. The van der Waals surface area contributed by atoms with Crippen molar-refractivity contribution in [2.24, 2.45) is 5.92 Å². The van der Waals surface area contributed by atoms with E-state index in [0.717, 1.165) is 38.5 Å². The molecule has 2 rings (SSSR count). The van der Waals surface area contributed by atoms with Crippen molar-refractivity contribution in [3.05, 3.63) is 29.8 Å². The van der Waals surface area contributed by atoms with Crippen LogP contribution in [0.25, 0.3) is 0 Å². The fraction of sp³-hybridized carbons (Fsp3) is 0.632. The smallest absolute Gasteiger partial charge is 0.412 e. The van der Waals surface area contributed by atoms with Gasteiger partial charge in [-0.25, -0.2) is 4.79 Å². The van der Waals surface area contributed by atoms with Crippen molar-refractivity contribution in [1.29, 1.82) is 0 Å². The molecule has 1 fully saturated rings. The molecule has 1 atom stereocenters. The third kappa shape index (κ3) is 6.49. The molecule has 0 saturated carbocycles. The molecule has 1 saturated heterocycles. The fourth-order valence-electron chi connectivity index (χ4n) is 2.85. The zero-order valence-electron chi connectivity index (χ0n) is 15.3. The number of hydrogen-bond donors (Lipinski definition) is 1. The molecule has 0 aromatic heterocycles. The van der Waals surface area contributed by atoms with E-state index in [-0.39, 0.29) is 0 Å². The van der Waals surface area contributed by atoms with Crippen molar-refractivity contribution in [3.8, 4) is 0 Å². The SMILES string of the molecule is CCOCC1CCN(Cc2ccc(NC(=O)OC(C)(C)C)cc2)C1. The van der Waals surface area contributed by atoms with Crippen molar-refractivity contribution in [2.45, 2.75) is 46.3 Å². The Morgan fingerprint density at radius 1 is 1.29 bits per heavy atom. The number of rotatable bonds is 6. The first-order valence-corrected chi connectivity index (χ1v) is 8.75. The molecule has 1 amide bonds. The summed E-state index contributed by atoms with van der Waals surface area (Å²) in [4.78, 5) is 14.2. The summed E-state index contributed by atoms with van der Waals surface area (Å²) in [5.41, 5.74) is 1.52. The summed E-state index contributed by atoms with van der Waals surface area (Å²) < 4.78 is 10.8. The van der Waals surface area contributed by atoms with Gasteiger partial charge in [-0.05, 0) is 64.3 Å². The predicted octanol–water partition coefficient (Wildman–Crippen LogP) is 3.89. The largest absolute Gasteiger partial charge is 0.444 e. The molecule has 1 aliphatic rings. The number of benzene rings is 1. The number of likely N-dealkylation sites (tertiary alicyclic amines) is 1. The number of carbonyl (C=O) groups excluding carboxylic acids is 1. The normalized spacial score (nSPS) is 18.6. The summed E-state index contributed by atoms with van der Waals surface area (Å²) in [6, 6.07) is 7.96. The van der Waals surface area contributed by atoms with Crippen LogP contribution >= 0.6 is 0 Å². The molecule has 134 valence electrons. The Labute approximate surface area is 145 Å². The first kappa shape index (κ1) is 18.7. The average Bonchev–Trinajstić information content (AvgIpc) is 2.92. The second-order valence-electron chi connectivity index (χ2n) is 7.37. The molecule has 0 spiro atoms. The zero-order valence-corrected chi connectivity index (χ0v) is 15.3. The first-order valence-electron chi connectivity index (χ1n) is 8.75.